The molecule has 0 aliphatic carbocycles. The summed E-state index contributed by atoms with van der Waals surface area (Å²) in [6.45, 7) is 0.301. The summed E-state index contributed by atoms with van der Waals surface area (Å²) in [6, 6.07) is 6.98. The predicted molar refractivity (Wildman–Crippen MR) is 86.9 cm³/mol. The minimum atomic E-state index is -0.546. The van der Waals surface area contributed by atoms with Gasteiger partial charge in [-0.05, 0) is 42.7 Å². The van der Waals surface area contributed by atoms with Crippen LogP contribution in [0, 0.1) is 5.82 Å². The number of hydrogen-bond donors (Lipinski definition) is 2. The molecule has 1 aromatic carbocycles. The average molecular weight is 346 g/mol. The lowest BCUT2D eigenvalue weighted by atomic mass is 10.1. The highest BCUT2D eigenvalue weighted by molar-refractivity contribution is 5.95. The molecular formula is C18H19FN2O4. The topological polar surface area (TPSA) is 82.8 Å². The number of amides is 2. The highest BCUT2D eigenvalue weighted by atomic mass is 19.1. The summed E-state index contributed by atoms with van der Waals surface area (Å²) < 4.78 is 18.5. The molecule has 132 valence electrons. The summed E-state index contributed by atoms with van der Waals surface area (Å²) in [6.07, 6.45) is 2.75. The van der Waals surface area contributed by atoms with Gasteiger partial charge in [-0.15, -0.1) is 0 Å². The maximum Gasteiger partial charge on any atom is 0.290 e. The molecule has 0 bridgehead atoms. The van der Waals surface area contributed by atoms with Gasteiger partial charge in [-0.25, -0.2) is 4.39 Å². The summed E-state index contributed by atoms with van der Waals surface area (Å²) in [5, 5.41) is 11.9. The van der Waals surface area contributed by atoms with E-state index in [-0.39, 0.29) is 29.7 Å². The molecule has 2 heterocycles. The zero-order valence-electron chi connectivity index (χ0n) is 13.6. The Bertz CT molecular complexity index is 760. The first kappa shape index (κ1) is 17.2. The number of nitrogens with zero attached hydrogens (tertiary/aromatic N) is 1. The Balaban J connectivity index is 1.63. The highest BCUT2D eigenvalue weighted by Crippen LogP contribution is 2.21. The van der Waals surface area contributed by atoms with Gasteiger partial charge in [0, 0.05) is 18.7 Å². The van der Waals surface area contributed by atoms with Gasteiger partial charge in [0.1, 0.15) is 11.9 Å². The van der Waals surface area contributed by atoms with E-state index in [1.807, 2.05) is 0 Å². The molecule has 0 radical (unpaired) electrons. The monoisotopic (exact) mass is 346 g/mol. The lowest BCUT2D eigenvalue weighted by Crippen LogP contribution is -2.45. The SMILES string of the molecule is O=C(NCc1ccc(F)c(CO)c1)C1CCCN1C(=O)c1ccco1. The van der Waals surface area contributed by atoms with Gasteiger partial charge in [-0.2, -0.15) is 0 Å². The lowest BCUT2D eigenvalue weighted by Gasteiger charge is -2.23. The summed E-state index contributed by atoms with van der Waals surface area (Å²) >= 11 is 0. The summed E-state index contributed by atoms with van der Waals surface area (Å²) in [5.74, 6) is -0.825. The second kappa shape index (κ2) is 7.48. The number of furan rings is 1. The van der Waals surface area contributed by atoms with Crippen molar-refractivity contribution in [3.05, 3.63) is 59.3 Å². The Labute approximate surface area is 144 Å². The lowest BCUT2D eigenvalue weighted by molar-refractivity contribution is -0.125. The molecule has 1 aliphatic heterocycles. The molecule has 1 atom stereocenters. The van der Waals surface area contributed by atoms with Gasteiger partial charge in [-0.3, -0.25) is 9.59 Å². The molecule has 1 fully saturated rings. The molecule has 3 rings (SSSR count). The van der Waals surface area contributed by atoms with E-state index in [4.69, 9.17) is 9.52 Å². The number of hydrogen-bond acceptors (Lipinski definition) is 4. The Kier molecular flexibility index (Phi) is 5.14. The molecule has 1 unspecified atom stereocenters. The standard InChI is InChI=1S/C18H19FN2O4/c19-14-6-5-12(9-13(14)11-22)10-20-17(23)15-3-1-7-21(15)18(24)16-4-2-8-25-16/h2,4-6,8-9,15,22H,1,3,7,10-11H2,(H,20,23). The second-order valence-corrected chi connectivity index (χ2v) is 5.94. The van der Waals surface area contributed by atoms with E-state index in [0.717, 1.165) is 6.42 Å². The Morgan fingerprint density at radius 1 is 1.36 bits per heavy atom. The molecular weight excluding hydrogens is 327 g/mol. The van der Waals surface area contributed by atoms with Gasteiger partial charge >= 0.3 is 0 Å². The first-order valence-electron chi connectivity index (χ1n) is 8.10. The highest BCUT2D eigenvalue weighted by Gasteiger charge is 2.35. The van der Waals surface area contributed by atoms with Crippen molar-refractivity contribution in [3.63, 3.8) is 0 Å². The van der Waals surface area contributed by atoms with Crippen LogP contribution in [0.25, 0.3) is 0 Å². The molecule has 0 spiro atoms. The number of likely N-dealkylation sites (tertiary alicyclic amines) is 1. The average Bonchev–Trinajstić information content (AvgIpc) is 3.31. The van der Waals surface area contributed by atoms with E-state index in [1.54, 1.807) is 18.2 Å². The second-order valence-electron chi connectivity index (χ2n) is 5.94. The maximum atomic E-state index is 13.4. The van der Waals surface area contributed by atoms with Crippen molar-refractivity contribution in [2.45, 2.75) is 32.0 Å². The fourth-order valence-electron chi connectivity index (χ4n) is 2.99. The van der Waals surface area contributed by atoms with Crippen LogP contribution in [0.5, 0.6) is 0 Å². The van der Waals surface area contributed by atoms with Crippen LogP contribution >= 0.6 is 0 Å². The van der Waals surface area contributed by atoms with Gasteiger partial charge < -0.3 is 19.7 Å². The van der Waals surface area contributed by atoms with E-state index in [2.05, 4.69) is 5.32 Å². The number of aliphatic hydroxyl groups is 1. The number of nitrogens with one attached hydrogen (secondary N) is 1. The number of rotatable bonds is 5. The van der Waals surface area contributed by atoms with E-state index < -0.39 is 18.5 Å². The Morgan fingerprint density at radius 3 is 2.92 bits per heavy atom. The first-order chi connectivity index (χ1) is 12.1. The van der Waals surface area contributed by atoms with Crippen LogP contribution in [-0.4, -0.2) is 34.4 Å². The summed E-state index contributed by atoms with van der Waals surface area (Å²) in [5.41, 5.74) is 0.864. The normalized spacial score (nSPS) is 16.9. The number of benzene rings is 1. The molecule has 25 heavy (non-hydrogen) atoms. The minimum absolute atomic E-state index is 0.183. The quantitative estimate of drug-likeness (QED) is 0.865. The van der Waals surface area contributed by atoms with Crippen LogP contribution in [0.3, 0.4) is 0 Å². The summed E-state index contributed by atoms with van der Waals surface area (Å²) in [4.78, 5) is 26.4. The largest absolute Gasteiger partial charge is 0.459 e. The van der Waals surface area contributed by atoms with Gasteiger partial charge in [0.15, 0.2) is 5.76 Å². The van der Waals surface area contributed by atoms with Crippen molar-refractivity contribution in [1.82, 2.24) is 10.2 Å². The Hall–Kier alpha value is -2.67. The van der Waals surface area contributed by atoms with E-state index in [9.17, 15) is 14.0 Å². The van der Waals surface area contributed by atoms with E-state index in [1.165, 1.54) is 23.3 Å². The van der Waals surface area contributed by atoms with Crippen LogP contribution in [0.4, 0.5) is 4.39 Å². The molecule has 1 aliphatic rings. The molecule has 7 heteroatoms. The maximum absolute atomic E-state index is 13.4. The fraction of sp³-hybridized carbons (Fsp3) is 0.333. The van der Waals surface area contributed by atoms with Crippen LogP contribution < -0.4 is 5.32 Å². The van der Waals surface area contributed by atoms with Crippen LogP contribution in [-0.2, 0) is 17.9 Å². The zero-order chi connectivity index (χ0) is 17.8. The zero-order valence-corrected chi connectivity index (χ0v) is 13.6. The minimum Gasteiger partial charge on any atom is -0.459 e. The van der Waals surface area contributed by atoms with Gasteiger partial charge in [0.05, 0.1) is 12.9 Å². The molecule has 1 aromatic heterocycles. The smallest absolute Gasteiger partial charge is 0.290 e. The van der Waals surface area contributed by atoms with Crippen molar-refractivity contribution in [2.24, 2.45) is 0 Å². The van der Waals surface area contributed by atoms with Crippen molar-refractivity contribution in [1.29, 1.82) is 0 Å². The van der Waals surface area contributed by atoms with Crippen molar-refractivity contribution < 1.29 is 23.5 Å². The van der Waals surface area contributed by atoms with Crippen LogP contribution in [0.15, 0.2) is 41.0 Å². The van der Waals surface area contributed by atoms with E-state index >= 15 is 0 Å². The molecule has 0 saturated carbocycles. The number of aliphatic hydroxyl groups excluding tert-OH is 1. The third-order valence-corrected chi connectivity index (χ3v) is 4.30. The van der Waals surface area contributed by atoms with Crippen molar-refractivity contribution in [2.75, 3.05) is 6.54 Å². The van der Waals surface area contributed by atoms with Crippen LogP contribution in [0.2, 0.25) is 0 Å². The molecule has 2 N–H and O–H groups in total. The molecule has 2 amide bonds. The van der Waals surface area contributed by atoms with Crippen molar-refractivity contribution >= 4 is 11.8 Å². The fourth-order valence-corrected chi connectivity index (χ4v) is 2.99. The van der Waals surface area contributed by atoms with Crippen molar-refractivity contribution in [3.8, 4) is 0 Å². The third kappa shape index (κ3) is 3.71. The predicted octanol–water partition coefficient (Wildman–Crippen LogP) is 1.83. The molecule has 1 saturated heterocycles. The van der Waals surface area contributed by atoms with Gasteiger partial charge in [0.25, 0.3) is 5.91 Å². The van der Waals surface area contributed by atoms with Crippen LogP contribution in [0.1, 0.15) is 34.5 Å². The molecule has 6 nitrogen and oxygen atoms in total. The number of carbonyl (C=O) groups excluding carboxylic acids is 2. The number of carbonyl (C=O) groups is 2. The first-order valence-corrected chi connectivity index (χ1v) is 8.10. The van der Waals surface area contributed by atoms with E-state index in [0.29, 0.717) is 18.5 Å². The third-order valence-electron chi connectivity index (χ3n) is 4.30. The molecule has 2 aromatic rings. The summed E-state index contributed by atoms with van der Waals surface area (Å²) in [7, 11) is 0. The van der Waals surface area contributed by atoms with Gasteiger partial charge in [0.2, 0.25) is 5.91 Å². The number of halogens is 1. The Morgan fingerprint density at radius 2 is 2.20 bits per heavy atom. The van der Waals surface area contributed by atoms with Gasteiger partial charge in [-0.1, -0.05) is 6.07 Å².